The largest absolute Gasteiger partial charge is 0.450 e. The third-order valence-electron chi connectivity index (χ3n) is 4.25. The molecule has 0 radical (unpaired) electrons. The molecule has 0 atom stereocenters. The molecule has 2 aromatic rings. The van der Waals surface area contributed by atoms with Crippen molar-refractivity contribution in [1.82, 2.24) is 9.88 Å². The van der Waals surface area contributed by atoms with Gasteiger partial charge in [0.25, 0.3) is 5.91 Å². The molecular weight excluding hydrogens is 368 g/mol. The molecule has 27 heavy (non-hydrogen) atoms. The van der Waals surface area contributed by atoms with Crippen molar-refractivity contribution in [3.8, 4) is 0 Å². The average Bonchev–Trinajstić information content (AvgIpc) is 2.70. The zero-order valence-corrected chi connectivity index (χ0v) is 15.8. The number of nitrogens with zero attached hydrogens (tertiary/aromatic N) is 3. The molecule has 2 heterocycles. The maximum atomic E-state index is 12.5. The number of halogens is 1. The van der Waals surface area contributed by atoms with Crippen molar-refractivity contribution in [3.63, 3.8) is 0 Å². The first-order valence-electron chi connectivity index (χ1n) is 8.76. The second kappa shape index (κ2) is 8.73. The number of anilines is 2. The minimum Gasteiger partial charge on any atom is -0.450 e. The van der Waals surface area contributed by atoms with Crippen LogP contribution in [0.2, 0.25) is 5.02 Å². The van der Waals surface area contributed by atoms with Crippen molar-refractivity contribution < 1.29 is 14.3 Å². The minimum absolute atomic E-state index is 0.282. The van der Waals surface area contributed by atoms with Gasteiger partial charge in [-0.25, -0.2) is 4.79 Å². The fourth-order valence-corrected chi connectivity index (χ4v) is 2.96. The molecule has 0 aliphatic carbocycles. The molecular formula is C19H21ClN4O3. The molecule has 2 amide bonds. The number of carbonyl (C=O) groups excluding carboxylic acids is 2. The van der Waals surface area contributed by atoms with Crippen LogP contribution in [0.15, 0.2) is 42.6 Å². The van der Waals surface area contributed by atoms with Crippen molar-refractivity contribution in [2.45, 2.75) is 6.92 Å². The SMILES string of the molecule is CCOC(=O)N1CCN(c2ccnc(C(=O)Nc3ccc(Cl)cc3)c2)CC1. The molecule has 1 N–H and O–H groups in total. The van der Waals surface area contributed by atoms with E-state index in [1.165, 1.54) is 0 Å². The molecule has 1 aromatic heterocycles. The maximum absolute atomic E-state index is 12.5. The van der Waals surface area contributed by atoms with Gasteiger partial charge in [-0.1, -0.05) is 11.6 Å². The van der Waals surface area contributed by atoms with Crippen molar-refractivity contribution in [2.24, 2.45) is 0 Å². The van der Waals surface area contributed by atoms with Gasteiger partial charge in [-0.2, -0.15) is 0 Å². The van der Waals surface area contributed by atoms with Crippen molar-refractivity contribution in [3.05, 3.63) is 53.3 Å². The Hall–Kier alpha value is -2.80. The number of carbonyl (C=O) groups is 2. The molecule has 1 aromatic carbocycles. The predicted molar refractivity (Wildman–Crippen MR) is 104 cm³/mol. The van der Waals surface area contributed by atoms with E-state index >= 15 is 0 Å². The summed E-state index contributed by atoms with van der Waals surface area (Å²) in [6, 6.07) is 10.5. The molecule has 0 spiro atoms. The summed E-state index contributed by atoms with van der Waals surface area (Å²) in [5.74, 6) is -0.288. The van der Waals surface area contributed by atoms with Gasteiger partial charge in [0, 0.05) is 48.8 Å². The Balaban J connectivity index is 1.63. The Morgan fingerprint density at radius 3 is 2.52 bits per heavy atom. The normalized spacial score (nSPS) is 14.0. The van der Waals surface area contributed by atoms with Gasteiger partial charge in [-0.15, -0.1) is 0 Å². The second-order valence-electron chi connectivity index (χ2n) is 6.03. The van der Waals surface area contributed by atoms with Crippen LogP contribution >= 0.6 is 11.6 Å². The van der Waals surface area contributed by atoms with Gasteiger partial charge in [0.05, 0.1) is 6.61 Å². The fraction of sp³-hybridized carbons (Fsp3) is 0.316. The van der Waals surface area contributed by atoms with Gasteiger partial charge in [-0.05, 0) is 43.3 Å². The topological polar surface area (TPSA) is 74.8 Å². The van der Waals surface area contributed by atoms with Gasteiger partial charge in [0.1, 0.15) is 5.69 Å². The van der Waals surface area contributed by atoms with Gasteiger partial charge in [-0.3, -0.25) is 9.78 Å². The standard InChI is InChI=1S/C19H21ClN4O3/c1-2-27-19(26)24-11-9-23(10-12-24)16-7-8-21-17(13-16)18(25)22-15-5-3-14(20)4-6-15/h3-8,13H,2,9-12H2,1H3,(H,22,25). The summed E-state index contributed by atoms with van der Waals surface area (Å²) >= 11 is 5.86. The molecule has 142 valence electrons. The molecule has 7 nitrogen and oxygen atoms in total. The minimum atomic E-state index is -0.288. The van der Waals surface area contributed by atoms with Crippen LogP contribution in [-0.2, 0) is 4.74 Å². The highest BCUT2D eigenvalue weighted by atomic mass is 35.5. The van der Waals surface area contributed by atoms with Crippen LogP contribution in [0.25, 0.3) is 0 Å². The number of ether oxygens (including phenoxy) is 1. The van der Waals surface area contributed by atoms with E-state index in [0.29, 0.717) is 49.2 Å². The number of aromatic nitrogens is 1. The number of pyridine rings is 1. The summed E-state index contributed by atoms with van der Waals surface area (Å²) in [5, 5.41) is 3.41. The number of hydrogen-bond donors (Lipinski definition) is 1. The summed E-state index contributed by atoms with van der Waals surface area (Å²) in [7, 11) is 0. The van der Waals surface area contributed by atoms with Crippen LogP contribution in [0.3, 0.4) is 0 Å². The van der Waals surface area contributed by atoms with Crippen LogP contribution in [-0.4, -0.2) is 54.7 Å². The average molecular weight is 389 g/mol. The lowest BCUT2D eigenvalue weighted by molar-refractivity contribution is 0.102. The smallest absolute Gasteiger partial charge is 0.409 e. The lowest BCUT2D eigenvalue weighted by Gasteiger charge is -2.35. The highest BCUT2D eigenvalue weighted by Crippen LogP contribution is 2.19. The number of amides is 2. The molecule has 3 rings (SSSR count). The second-order valence-corrected chi connectivity index (χ2v) is 6.47. The Morgan fingerprint density at radius 2 is 1.85 bits per heavy atom. The molecule has 1 saturated heterocycles. The Kier molecular flexibility index (Phi) is 6.13. The van der Waals surface area contributed by atoms with Crippen molar-refractivity contribution in [1.29, 1.82) is 0 Å². The van der Waals surface area contributed by atoms with Gasteiger partial charge >= 0.3 is 6.09 Å². The van der Waals surface area contributed by atoms with Crippen LogP contribution < -0.4 is 10.2 Å². The summed E-state index contributed by atoms with van der Waals surface area (Å²) in [6.45, 7) is 4.65. The Morgan fingerprint density at radius 1 is 1.15 bits per heavy atom. The predicted octanol–water partition coefficient (Wildman–Crippen LogP) is 3.27. The number of hydrogen-bond acceptors (Lipinski definition) is 5. The first-order chi connectivity index (χ1) is 13.1. The van der Waals surface area contributed by atoms with E-state index in [1.54, 1.807) is 48.4 Å². The lowest BCUT2D eigenvalue weighted by Crippen LogP contribution is -2.49. The highest BCUT2D eigenvalue weighted by Gasteiger charge is 2.22. The van der Waals surface area contributed by atoms with Gasteiger partial charge < -0.3 is 19.9 Å². The molecule has 1 aliphatic heterocycles. The van der Waals surface area contributed by atoms with Gasteiger partial charge in [0.2, 0.25) is 0 Å². The van der Waals surface area contributed by atoms with E-state index in [2.05, 4.69) is 15.2 Å². The Labute approximate surface area is 162 Å². The van der Waals surface area contributed by atoms with Crippen molar-refractivity contribution >= 4 is 35.0 Å². The van der Waals surface area contributed by atoms with E-state index < -0.39 is 0 Å². The lowest BCUT2D eigenvalue weighted by atomic mass is 10.2. The summed E-state index contributed by atoms with van der Waals surface area (Å²) in [5.41, 5.74) is 1.88. The molecule has 0 unspecified atom stereocenters. The molecule has 1 fully saturated rings. The molecule has 0 saturated carbocycles. The monoisotopic (exact) mass is 388 g/mol. The summed E-state index contributed by atoms with van der Waals surface area (Å²) in [6.07, 6.45) is 1.33. The molecule has 0 bridgehead atoms. The van der Waals surface area contributed by atoms with E-state index in [4.69, 9.17) is 16.3 Å². The van der Waals surface area contributed by atoms with Crippen LogP contribution in [0, 0.1) is 0 Å². The number of nitrogens with one attached hydrogen (secondary N) is 1. The van der Waals surface area contributed by atoms with E-state index in [1.807, 2.05) is 6.07 Å². The molecule has 8 heteroatoms. The number of rotatable bonds is 4. The zero-order chi connectivity index (χ0) is 19.2. The summed E-state index contributed by atoms with van der Waals surface area (Å²) in [4.78, 5) is 32.2. The van der Waals surface area contributed by atoms with Crippen molar-refractivity contribution in [2.75, 3.05) is 43.0 Å². The van der Waals surface area contributed by atoms with E-state index in [0.717, 1.165) is 5.69 Å². The number of benzene rings is 1. The Bertz CT molecular complexity index is 805. The highest BCUT2D eigenvalue weighted by molar-refractivity contribution is 6.30. The van der Waals surface area contributed by atoms with E-state index in [9.17, 15) is 9.59 Å². The van der Waals surface area contributed by atoms with E-state index in [-0.39, 0.29) is 12.0 Å². The van der Waals surface area contributed by atoms with Crippen LogP contribution in [0.4, 0.5) is 16.2 Å². The van der Waals surface area contributed by atoms with Crippen LogP contribution in [0.1, 0.15) is 17.4 Å². The fourth-order valence-electron chi connectivity index (χ4n) is 2.83. The first-order valence-corrected chi connectivity index (χ1v) is 9.14. The first kappa shape index (κ1) is 19.0. The maximum Gasteiger partial charge on any atom is 0.409 e. The molecule has 1 aliphatic rings. The zero-order valence-electron chi connectivity index (χ0n) is 15.0. The number of piperazine rings is 1. The quantitative estimate of drug-likeness (QED) is 0.870. The third-order valence-corrected chi connectivity index (χ3v) is 4.50. The van der Waals surface area contributed by atoms with Gasteiger partial charge in [0.15, 0.2) is 0 Å². The summed E-state index contributed by atoms with van der Waals surface area (Å²) < 4.78 is 5.03. The van der Waals surface area contributed by atoms with Crippen LogP contribution in [0.5, 0.6) is 0 Å². The third kappa shape index (κ3) is 4.89.